The molecule has 0 aliphatic rings. The molecule has 3 aromatic rings. The maximum absolute atomic E-state index is 12.6. The Morgan fingerprint density at radius 3 is 2.57 bits per heavy atom. The summed E-state index contributed by atoms with van der Waals surface area (Å²) >= 11 is 0. The maximum atomic E-state index is 12.6. The second-order valence-electron chi connectivity index (χ2n) is 6.62. The predicted molar refractivity (Wildman–Crippen MR) is 112 cm³/mol. The molecule has 0 saturated carbocycles. The average Bonchev–Trinajstić information content (AvgIpc) is 3.18. The standard InChI is InChI=1S/C20H23N5O4S/c1-4-29-18-11-10-16(12-19(18)30(27,28)24(2)3)21-20(26)17-14-25(23-22-17)13-15-8-6-5-7-9-15/h5-12,14H,4,13H2,1-3H3,(H,21,26). The van der Waals surface area contributed by atoms with Gasteiger partial charge >= 0.3 is 0 Å². The van der Waals surface area contributed by atoms with E-state index in [1.54, 1.807) is 17.7 Å². The second-order valence-corrected chi connectivity index (χ2v) is 8.74. The molecule has 0 fully saturated rings. The second kappa shape index (κ2) is 9.06. The number of hydrogen-bond acceptors (Lipinski definition) is 6. The quantitative estimate of drug-likeness (QED) is 0.589. The molecule has 30 heavy (non-hydrogen) atoms. The molecule has 158 valence electrons. The first kappa shape index (κ1) is 21.5. The molecule has 0 aliphatic heterocycles. The third-order valence-electron chi connectivity index (χ3n) is 4.22. The number of rotatable bonds is 8. The molecule has 1 N–H and O–H groups in total. The summed E-state index contributed by atoms with van der Waals surface area (Å²) in [5.41, 5.74) is 1.46. The van der Waals surface area contributed by atoms with Crippen LogP contribution in [0.1, 0.15) is 23.0 Å². The van der Waals surface area contributed by atoms with Crippen molar-refractivity contribution in [1.29, 1.82) is 0 Å². The van der Waals surface area contributed by atoms with Gasteiger partial charge < -0.3 is 10.1 Å². The van der Waals surface area contributed by atoms with E-state index in [1.165, 1.54) is 32.4 Å². The molecule has 0 unspecified atom stereocenters. The highest BCUT2D eigenvalue weighted by Gasteiger charge is 2.23. The van der Waals surface area contributed by atoms with Crippen LogP contribution in [0.2, 0.25) is 0 Å². The molecule has 2 aromatic carbocycles. The minimum Gasteiger partial charge on any atom is -0.492 e. The lowest BCUT2D eigenvalue weighted by Crippen LogP contribution is -2.23. The number of aromatic nitrogens is 3. The lowest BCUT2D eigenvalue weighted by molar-refractivity contribution is 0.102. The van der Waals surface area contributed by atoms with Crippen molar-refractivity contribution in [2.45, 2.75) is 18.4 Å². The van der Waals surface area contributed by atoms with Crippen molar-refractivity contribution in [3.05, 3.63) is 66.0 Å². The highest BCUT2D eigenvalue weighted by molar-refractivity contribution is 7.89. The fourth-order valence-electron chi connectivity index (χ4n) is 2.70. The van der Waals surface area contributed by atoms with Gasteiger partial charge in [0, 0.05) is 19.8 Å². The van der Waals surface area contributed by atoms with Crippen LogP contribution in [-0.4, -0.2) is 54.3 Å². The van der Waals surface area contributed by atoms with E-state index in [4.69, 9.17) is 4.74 Å². The summed E-state index contributed by atoms with van der Waals surface area (Å²) in [6, 6.07) is 14.1. The van der Waals surface area contributed by atoms with Gasteiger partial charge in [-0.15, -0.1) is 5.10 Å². The highest BCUT2D eigenvalue weighted by atomic mass is 32.2. The molecule has 9 nitrogen and oxygen atoms in total. The van der Waals surface area contributed by atoms with Crippen LogP contribution in [0.5, 0.6) is 5.75 Å². The summed E-state index contributed by atoms with van der Waals surface area (Å²) in [7, 11) is -0.894. The van der Waals surface area contributed by atoms with Crippen molar-refractivity contribution >= 4 is 21.6 Å². The fourth-order valence-corrected chi connectivity index (χ4v) is 3.75. The number of carbonyl (C=O) groups is 1. The van der Waals surface area contributed by atoms with Crippen LogP contribution < -0.4 is 10.1 Å². The third-order valence-corrected chi connectivity index (χ3v) is 6.06. The van der Waals surface area contributed by atoms with Crippen LogP contribution in [0.4, 0.5) is 5.69 Å². The predicted octanol–water partition coefficient (Wildman–Crippen LogP) is 2.23. The maximum Gasteiger partial charge on any atom is 0.277 e. The number of benzene rings is 2. The van der Waals surface area contributed by atoms with Crippen molar-refractivity contribution in [3.63, 3.8) is 0 Å². The van der Waals surface area contributed by atoms with E-state index < -0.39 is 15.9 Å². The van der Waals surface area contributed by atoms with E-state index >= 15 is 0 Å². The molecule has 1 aromatic heterocycles. The average molecular weight is 430 g/mol. The van der Waals surface area contributed by atoms with Crippen molar-refractivity contribution in [2.24, 2.45) is 0 Å². The minimum atomic E-state index is -3.76. The Morgan fingerprint density at radius 2 is 1.90 bits per heavy atom. The molecule has 0 atom stereocenters. The van der Waals surface area contributed by atoms with Gasteiger partial charge in [-0.1, -0.05) is 35.5 Å². The van der Waals surface area contributed by atoms with Crippen molar-refractivity contribution in [1.82, 2.24) is 19.3 Å². The molecule has 0 aliphatic carbocycles. The smallest absolute Gasteiger partial charge is 0.277 e. The van der Waals surface area contributed by atoms with Gasteiger partial charge in [0.2, 0.25) is 10.0 Å². The van der Waals surface area contributed by atoms with Gasteiger partial charge in [0.1, 0.15) is 10.6 Å². The Morgan fingerprint density at radius 1 is 1.17 bits per heavy atom. The summed E-state index contributed by atoms with van der Waals surface area (Å²) in [6.07, 6.45) is 1.54. The minimum absolute atomic E-state index is 0.0279. The molecule has 10 heteroatoms. The molecule has 0 saturated heterocycles. The van der Waals surface area contributed by atoms with Gasteiger partial charge in [-0.2, -0.15) is 0 Å². The zero-order chi connectivity index (χ0) is 21.7. The highest BCUT2D eigenvalue weighted by Crippen LogP contribution is 2.29. The van der Waals surface area contributed by atoms with E-state index in [0.717, 1.165) is 9.87 Å². The molecule has 1 amide bonds. The first-order valence-corrected chi connectivity index (χ1v) is 10.7. The lowest BCUT2D eigenvalue weighted by atomic mass is 10.2. The summed E-state index contributed by atoms with van der Waals surface area (Å²) in [6.45, 7) is 2.56. The number of carbonyl (C=O) groups excluding carboxylic acids is 1. The van der Waals surface area contributed by atoms with E-state index in [9.17, 15) is 13.2 Å². The SMILES string of the molecule is CCOc1ccc(NC(=O)c2cn(Cc3ccccc3)nn2)cc1S(=O)(=O)N(C)C. The largest absolute Gasteiger partial charge is 0.492 e. The summed E-state index contributed by atoms with van der Waals surface area (Å²) < 4.78 is 33.3. The zero-order valence-electron chi connectivity index (χ0n) is 16.9. The van der Waals surface area contributed by atoms with Gasteiger partial charge in [-0.05, 0) is 30.7 Å². The van der Waals surface area contributed by atoms with Crippen molar-refractivity contribution < 1.29 is 17.9 Å². The Balaban J connectivity index is 1.80. The first-order chi connectivity index (χ1) is 14.3. The van der Waals surface area contributed by atoms with E-state index in [0.29, 0.717) is 18.8 Å². The van der Waals surface area contributed by atoms with E-state index in [2.05, 4.69) is 15.6 Å². The van der Waals surface area contributed by atoms with Crippen LogP contribution in [-0.2, 0) is 16.6 Å². The fraction of sp³-hybridized carbons (Fsp3) is 0.250. The van der Waals surface area contributed by atoms with Gasteiger partial charge in [0.25, 0.3) is 5.91 Å². The van der Waals surface area contributed by atoms with Crippen LogP contribution in [0.25, 0.3) is 0 Å². The molecule has 0 spiro atoms. The number of hydrogen-bond donors (Lipinski definition) is 1. The van der Waals surface area contributed by atoms with Crippen molar-refractivity contribution in [3.8, 4) is 5.75 Å². The molecule has 1 heterocycles. The number of ether oxygens (including phenoxy) is 1. The lowest BCUT2D eigenvalue weighted by Gasteiger charge is -2.16. The molecular weight excluding hydrogens is 406 g/mol. The van der Waals surface area contributed by atoms with Crippen LogP contribution in [0.3, 0.4) is 0 Å². The molecule has 0 radical (unpaired) electrons. The van der Waals surface area contributed by atoms with E-state index in [-0.39, 0.29) is 16.3 Å². The van der Waals surface area contributed by atoms with E-state index in [1.807, 2.05) is 30.3 Å². The summed E-state index contributed by atoms with van der Waals surface area (Å²) in [5.74, 6) is -0.273. The Labute approximate surface area is 175 Å². The molecular formula is C20H23N5O4S. The Hall–Kier alpha value is -3.24. The summed E-state index contributed by atoms with van der Waals surface area (Å²) in [4.78, 5) is 12.5. The monoisotopic (exact) mass is 429 g/mol. The van der Waals surface area contributed by atoms with Crippen LogP contribution >= 0.6 is 0 Å². The van der Waals surface area contributed by atoms with Gasteiger partial charge in [0.05, 0.1) is 19.3 Å². The Kier molecular flexibility index (Phi) is 6.48. The number of anilines is 1. The van der Waals surface area contributed by atoms with Crippen LogP contribution in [0.15, 0.2) is 59.6 Å². The zero-order valence-corrected chi connectivity index (χ0v) is 17.8. The summed E-state index contributed by atoms with van der Waals surface area (Å²) in [5, 5.41) is 10.5. The molecule has 0 bridgehead atoms. The van der Waals surface area contributed by atoms with Gasteiger partial charge in [-0.25, -0.2) is 17.4 Å². The molecule has 3 rings (SSSR count). The number of nitrogens with one attached hydrogen (secondary N) is 1. The third kappa shape index (κ3) is 4.84. The first-order valence-electron chi connectivity index (χ1n) is 9.26. The number of sulfonamides is 1. The van der Waals surface area contributed by atoms with Gasteiger partial charge in [-0.3, -0.25) is 4.79 Å². The van der Waals surface area contributed by atoms with Crippen LogP contribution in [0, 0.1) is 0 Å². The topological polar surface area (TPSA) is 106 Å². The number of amides is 1. The normalized spacial score (nSPS) is 11.5. The Bertz CT molecular complexity index is 1130. The van der Waals surface area contributed by atoms with Gasteiger partial charge in [0.15, 0.2) is 5.69 Å². The number of nitrogens with zero attached hydrogens (tertiary/aromatic N) is 4. The van der Waals surface area contributed by atoms with Crippen molar-refractivity contribution in [2.75, 3.05) is 26.0 Å².